The van der Waals surface area contributed by atoms with Gasteiger partial charge in [0.2, 0.25) is 0 Å². The maximum Gasteiger partial charge on any atom is 0.335 e. The van der Waals surface area contributed by atoms with Crippen LogP contribution in [0.3, 0.4) is 0 Å². The van der Waals surface area contributed by atoms with Gasteiger partial charge in [-0.05, 0) is 33.3 Å². The second-order valence-electron chi connectivity index (χ2n) is 11.6. The van der Waals surface area contributed by atoms with Crippen molar-refractivity contribution in [3.8, 4) is 0 Å². The molecule has 2 heterocycles. The Labute approximate surface area is 218 Å². The summed E-state index contributed by atoms with van der Waals surface area (Å²) in [5, 5.41) is 22.5. The number of hydrogen-bond donors (Lipinski definition) is 2. The largest absolute Gasteiger partial charge is 0.414 e. The third-order valence-corrected chi connectivity index (χ3v) is 18.3. The molecule has 0 bridgehead atoms. The minimum absolute atomic E-state index is 0.165. The molecule has 1 aromatic rings. The maximum atomic E-state index is 11.6. The quantitative estimate of drug-likeness (QED) is 0.485. The summed E-state index contributed by atoms with van der Waals surface area (Å²) in [6.07, 6.45) is -0.863. The van der Waals surface area contributed by atoms with Crippen molar-refractivity contribution in [1.82, 2.24) is 0 Å². The van der Waals surface area contributed by atoms with Gasteiger partial charge in [-0.25, -0.2) is 0 Å². The molecule has 6 atom stereocenters. The molecule has 7 nitrogen and oxygen atoms in total. The van der Waals surface area contributed by atoms with E-state index in [1.807, 2.05) is 36.4 Å². The molecule has 4 rings (SSSR count). The van der Waals surface area contributed by atoms with Gasteiger partial charge in [0.05, 0.1) is 12.7 Å². The summed E-state index contributed by atoms with van der Waals surface area (Å²) in [6.45, 7) is 17.6. The Balaban J connectivity index is 1.63. The van der Waals surface area contributed by atoms with E-state index in [0.29, 0.717) is 0 Å². The van der Waals surface area contributed by atoms with Gasteiger partial charge in [0.25, 0.3) is 0 Å². The fourth-order valence-electron chi connectivity index (χ4n) is 5.91. The molecule has 0 amide bonds. The van der Waals surface area contributed by atoms with Crippen LogP contribution in [0.2, 0.25) is 22.2 Å². The van der Waals surface area contributed by atoms with Gasteiger partial charge >= 0.3 is 17.1 Å². The lowest BCUT2D eigenvalue weighted by atomic mass is 9.93. The average molecular weight is 537 g/mol. The SMILES string of the molecule is CC(C)[Si]1(C(C)C)O[C@@H]2[C@H](O)[C@H](O[C@H]3C=Cc4ccccc4[C@@H]3O)OC[C@H]2O[Si](C(C)C)(C(C)C)O1. The van der Waals surface area contributed by atoms with Crippen LogP contribution in [-0.4, -0.2) is 64.6 Å². The summed E-state index contributed by atoms with van der Waals surface area (Å²) >= 11 is 0. The maximum absolute atomic E-state index is 11.6. The van der Waals surface area contributed by atoms with Gasteiger partial charge in [0.15, 0.2) is 6.29 Å². The van der Waals surface area contributed by atoms with Crippen molar-refractivity contribution in [3.05, 3.63) is 41.5 Å². The summed E-state index contributed by atoms with van der Waals surface area (Å²) in [4.78, 5) is 0. The Morgan fingerprint density at radius 1 is 0.861 bits per heavy atom. The number of rotatable bonds is 6. The van der Waals surface area contributed by atoms with E-state index < -0.39 is 53.9 Å². The molecule has 2 fully saturated rings. The van der Waals surface area contributed by atoms with Crippen LogP contribution < -0.4 is 0 Å². The van der Waals surface area contributed by atoms with Crippen molar-refractivity contribution in [2.75, 3.05) is 6.61 Å². The van der Waals surface area contributed by atoms with Crippen LogP contribution in [-0.2, 0) is 22.4 Å². The Morgan fingerprint density at radius 2 is 1.44 bits per heavy atom. The number of benzene rings is 1. The first-order valence-corrected chi connectivity index (χ1v) is 17.3. The average Bonchev–Trinajstić information content (AvgIpc) is 3.00. The molecule has 36 heavy (non-hydrogen) atoms. The van der Waals surface area contributed by atoms with Gasteiger partial charge in [0, 0.05) is 0 Å². The molecule has 1 aliphatic carbocycles. The van der Waals surface area contributed by atoms with Crippen LogP contribution in [0.5, 0.6) is 0 Å². The number of ether oxygens (including phenoxy) is 2. The molecular formula is C27H44O7Si2. The zero-order valence-electron chi connectivity index (χ0n) is 22.9. The van der Waals surface area contributed by atoms with Crippen LogP contribution in [0.4, 0.5) is 0 Å². The zero-order valence-corrected chi connectivity index (χ0v) is 24.9. The smallest absolute Gasteiger partial charge is 0.335 e. The lowest BCUT2D eigenvalue weighted by Crippen LogP contribution is -2.60. The molecule has 3 aliphatic rings. The number of fused-ring (bicyclic) bond motifs is 2. The second kappa shape index (κ2) is 10.7. The first-order valence-electron chi connectivity index (χ1n) is 13.4. The molecule has 2 saturated heterocycles. The first-order chi connectivity index (χ1) is 16.9. The van der Waals surface area contributed by atoms with Crippen molar-refractivity contribution < 1.29 is 32.7 Å². The van der Waals surface area contributed by atoms with Crippen molar-refractivity contribution in [3.63, 3.8) is 0 Å². The molecule has 0 spiro atoms. The predicted molar refractivity (Wildman–Crippen MR) is 144 cm³/mol. The van der Waals surface area contributed by atoms with Gasteiger partial charge in [-0.1, -0.05) is 91.8 Å². The summed E-state index contributed by atoms with van der Waals surface area (Å²) in [7, 11) is -5.59. The summed E-state index contributed by atoms with van der Waals surface area (Å²) in [5.41, 5.74) is 2.50. The van der Waals surface area contributed by atoms with Gasteiger partial charge in [0.1, 0.15) is 24.4 Å². The highest BCUT2D eigenvalue weighted by Crippen LogP contribution is 2.49. The minimum Gasteiger partial charge on any atom is -0.414 e. The minimum atomic E-state index is -2.84. The van der Waals surface area contributed by atoms with E-state index in [0.717, 1.165) is 11.1 Å². The summed E-state index contributed by atoms with van der Waals surface area (Å²) in [6, 6.07) is 7.68. The van der Waals surface area contributed by atoms with Gasteiger partial charge < -0.3 is 32.7 Å². The topological polar surface area (TPSA) is 86.6 Å². The predicted octanol–water partition coefficient (Wildman–Crippen LogP) is 5.17. The highest BCUT2D eigenvalue weighted by atomic mass is 28.5. The normalized spacial score (nSPS) is 33.6. The van der Waals surface area contributed by atoms with Crippen LogP contribution in [0.25, 0.3) is 6.08 Å². The van der Waals surface area contributed by atoms with E-state index in [1.165, 1.54) is 0 Å². The Kier molecular flexibility index (Phi) is 8.36. The van der Waals surface area contributed by atoms with Gasteiger partial charge in [-0.2, -0.15) is 0 Å². The van der Waals surface area contributed by atoms with E-state index in [9.17, 15) is 10.2 Å². The zero-order chi connectivity index (χ0) is 26.4. The summed E-state index contributed by atoms with van der Waals surface area (Å²) in [5.74, 6) is 0. The van der Waals surface area contributed by atoms with Crippen LogP contribution in [0.15, 0.2) is 30.3 Å². The third-order valence-electron chi connectivity index (χ3n) is 7.98. The van der Waals surface area contributed by atoms with Crippen molar-refractivity contribution in [2.45, 2.75) is 114 Å². The number of aliphatic hydroxyl groups excluding tert-OH is 2. The molecule has 1 aromatic carbocycles. The fourth-order valence-corrected chi connectivity index (χ4v) is 17.2. The summed E-state index contributed by atoms with van der Waals surface area (Å²) < 4.78 is 33.2. The first kappa shape index (κ1) is 28.1. The van der Waals surface area contributed by atoms with Crippen LogP contribution in [0.1, 0.15) is 72.6 Å². The number of hydrogen-bond acceptors (Lipinski definition) is 7. The Hall–Kier alpha value is -0.886. The second-order valence-corrected chi connectivity index (χ2v) is 20.4. The van der Waals surface area contributed by atoms with E-state index >= 15 is 0 Å². The van der Waals surface area contributed by atoms with E-state index in [-0.39, 0.29) is 28.8 Å². The molecule has 2 N–H and O–H groups in total. The Morgan fingerprint density at radius 3 is 2.06 bits per heavy atom. The third kappa shape index (κ3) is 4.83. The van der Waals surface area contributed by atoms with Crippen molar-refractivity contribution in [2.24, 2.45) is 0 Å². The van der Waals surface area contributed by atoms with E-state index in [2.05, 4.69) is 55.4 Å². The number of aliphatic hydroxyl groups is 2. The lowest BCUT2D eigenvalue weighted by molar-refractivity contribution is -0.279. The van der Waals surface area contributed by atoms with Crippen LogP contribution in [0, 0.1) is 0 Å². The molecule has 0 unspecified atom stereocenters. The molecule has 9 heteroatoms. The van der Waals surface area contributed by atoms with Gasteiger partial charge in [-0.15, -0.1) is 0 Å². The fraction of sp³-hybridized carbons (Fsp3) is 0.704. The van der Waals surface area contributed by atoms with Crippen molar-refractivity contribution >= 4 is 23.2 Å². The molecular weight excluding hydrogens is 492 g/mol. The molecule has 202 valence electrons. The Bertz CT molecular complexity index is 918. The van der Waals surface area contributed by atoms with E-state index in [1.54, 1.807) is 0 Å². The van der Waals surface area contributed by atoms with E-state index in [4.69, 9.17) is 22.4 Å². The van der Waals surface area contributed by atoms with Crippen LogP contribution >= 0.6 is 0 Å². The standard InChI is InChI=1S/C27H44O7Si2/c1-16(2)35(17(3)4)32-23-15-30-27(25(29)26(23)33-36(34-35,18(5)6)19(7)8)31-22-14-13-20-11-9-10-12-21(20)24(22)28/h9-14,16-19,22-29H,15H2,1-8H3/t22-,23+,24-,25-,26-,27-/m0/s1. The lowest BCUT2D eigenvalue weighted by Gasteiger charge is -2.46. The highest BCUT2D eigenvalue weighted by molar-refractivity contribution is 6.84. The molecule has 2 aliphatic heterocycles. The molecule has 0 radical (unpaired) electrons. The van der Waals surface area contributed by atoms with Gasteiger partial charge in [-0.3, -0.25) is 0 Å². The molecule has 0 saturated carbocycles. The monoisotopic (exact) mass is 536 g/mol. The molecule has 0 aromatic heterocycles. The van der Waals surface area contributed by atoms with Crippen molar-refractivity contribution in [1.29, 1.82) is 0 Å². The highest BCUT2D eigenvalue weighted by Gasteiger charge is 2.63.